The Morgan fingerprint density at radius 1 is 1.07 bits per heavy atom. The Labute approximate surface area is 176 Å². The number of terminal acetylenes is 2. The van der Waals surface area contributed by atoms with E-state index in [1.54, 1.807) is 25.3 Å². The second-order valence-electron chi connectivity index (χ2n) is 6.35. The van der Waals surface area contributed by atoms with Gasteiger partial charge in [-0.05, 0) is 41.8 Å². The summed E-state index contributed by atoms with van der Waals surface area (Å²) in [5, 5.41) is 2.85. The van der Waals surface area contributed by atoms with Crippen molar-refractivity contribution >= 4 is 5.91 Å². The summed E-state index contributed by atoms with van der Waals surface area (Å²) >= 11 is 0. The summed E-state index contributed by atoms with van der Waals surface area (Å²) in [6.07, 6.45) is 10.6. The zero-order valence-corrected chi connectivity index (χ0v) is 16.8. The summed E-state index contributed by atoms with van der Waals surface area (Å²) in [6, 6.07) is 11.4. The summed E-state index contributed by atoms with van der Waals surface area (Å²) in [5.74, 6) is 5.28. The first-order valence-electron chi connectivity index (χ1n) is 9.37. The van der Waals surface area contributed by atoms with Crippen LogP contribution in [-0.4, -0.2) is 38.9 Å². The van der Waals surface area contributed by atoms with Crippen molar-refractivity contribution < 1.29 is 23.4 Å². The molecule has 1 N–H and O–H groups in total. The van der Waals surface area contributed by atoms with Crippen molar-refractivity contribution in [3.63, 3.8) is 0 Å². The van der Waals surface area contributed by atoms with Gasteiger partial charge in [-0.15, -0.1) is 12.8 Å². The fraction of sp³-hybridized carbons (Fsp3) is 0.292. The van der Waals surface area contributed by atoms with Crippen LogP contribution in [0.1, 0.15) is 11.1 Å². The molecule has 0 aromatic heterocycles. The molecule has 0 bridgehead atoms. The first-order chi connectivity index (χ1) is 14.6. The summed E-state index contributed by atoms with van der Waals surface area (Å²) in [5.41, 5.74) is 1.74. The van der Waals surface area contributed by atoms with Gasteiger partial charge in [-0.25, -0.2) is 4.39 Å². The first-order valence-corrected chi connectivity index (χ1v) is 9.37. The second-order valence-corrected chi connectivity index (χ2v) is 6.35. The van der Waals surface area contributed by atoms with Crippen molar-refractivity contribution in [2.24, 2.45) is 0 Å². The van der Waals surface area contributed by atoms with E-state index in [9.17, 15) is 9.18 Å². The molecule has 30 heavy (non-hydrogen) atoms. The number of ether oxygens (including phenoxy) is 3. The summed E-state index contributed by atoms with van der Waals surface area (Å²) < 4.78 is 29.3. The molecular formula is C24H24FNO4. The number of methoxy groups -OCH3 is 1. The second kappa shape index (κ2) is 12.2. The van der Waals surface area contributed by atoms with Gasteiger partial charge in [0.15, 0.2) is 11.5 Å². The van der Waals surface area contributed by atoms with Crippen molar-refractivity contribution in [2.45, 2.75) is 18.9 Å². The molecule has 0 saturated heterocycles. The van der Waals surface area contributed by atoms with Gasteiger partial charge in [0.25, 0.3) is 0 Å². The minimum absolute atomic E-state index is 0.00952. The summed E-state index contributed by atoms with van der Waals surface area (Å²) in [4.78, 5) is 12.6. The molecule has 156 valence electrons. The lowest BCUT2D eigenvalue weighted by molar-refractivity contribution is -0.131. The van der Waals surface area contributed by atoms with E-state index in [1.807, 2.05) is 12.1 Å². The van der Waals surface area contributed by atoms with Crippen LogP contribution in [0.2, 0.25) is 0 Å². The van der Waals surface area contributed by atoms with Crippen LogP contribution in [-0.2, 0) is 22.4 Å². The molecule has 2 aromatic rings. The van der Waals surface area contributed by atoms with Crippen LogP contribution in [0.15, 0.2) is 42.5 Å². The van der Waals surface area contributed by atoms with Crippen molar-refractivity contribution in [2.75, 3.05) is 26.9 Å². The Kier molecular flexibility index (Phi) is 9.24. The fourth-order valence-electron chi connectivity index (χ4n) is 2.76. The molecule has 1 amide bonds. The predicted molar refractivity (Wildman–Crippen MR) is 113 cm³/mol. The van der Waals surface area contributed by atoms with E-state index in [2.05, 4.69) is 17.2 Å². The highest BCUT2D eigenvalue weighted by molar-refractivity contribution is 5.81. The number of carbonyl (C=O) groups excluding carboxylic acids is 1. The number of nitrogens with one attached hydrogen (secondary N) is 1. The molecular weight excluding hydrogens is 385 g/mol. The van der Waals surface area contributed by atoms with Crippen LogP contribution < -0.4 is 14.8 Å². The summed E-state index contributed by atoms with van der Waals surface area (Å²) in [7, 11) is 1.55. The monoisotopic (exact) mass is 409 g/mol. The number of hydrogen-bond acceptors (Lipinski definition) is 4. The van der Waals surface area contributed by atoms with E-state index in [-0.39, 0.29) is 24.9 Å². The van der Waals surface area contributed by atoms with Gasteiger partial charge in [0.05, 0.1) is 7.11 Å². The van der Waals surface area contributed by atoms with Gasteiger partial charge in [-0.2, -0.15) is 0 Å². The van der Waals surface area contributed by atoms with E-state index >= 15 is 0 Å². The van der Waals surface area contributed by atoms with Crippen LogP contribution in [0.5, 0.6) is 11.5 Å². The lowest BCUT2D eigenvalue weighted by atomic mass is 10.1. The number of halogens is 1. The number of benzene rings is 2. The van der Waals surface area contributed by atoms with Crippen LogP contribution in [0.25, 0.3) is 0 Å². The molecule has 0 aliphatic carbocycles. The van der Waals surface area contributed by atoms with E-state index in [0.29, 0.717) is 30.9 Å². The van der Waals surface area contributed by atoms with Gasteiger partial charge in [-0.1, -0.05) is 30.0 Å². The molecule has 0 fully saturated rings. The maximum absolute atomic E-state index is 13.1. The van der Waals surface area contributed by atoms with Crippen LogP contribution in [0.4, 0.5) is 4.39 Å². The zero-order chi connectivity index (χ0) is 21.8. The first kappa shape index (κ1) is 22.8. The molecule has 6 heteroatoms. The minimum Gasteiger partial charge on any atom is -0.493 e. The third-order valence-electron chi connectivity index (χ3n) is 4.25. The lowest BCUT2D eigenvalue weighted by Crippen LogP contribution is -2.39. The Morgan fingerprint density at radius 3 is 2.43 bits per heavy atom. The topological polar surface area (TPSA) is 56.8 Å². The number of hydrogen-bond donors (Lipinski definition) is 1. The molecule has 2 aromatic carbocycles. The Morgan fingerprint density at radius 2 is 1.77 bits per heavy atom. The van der Waals surface area contributed by atoms with E-state index in [0.717, 1.165) is 11.1 Å². The van der Waals surface area contributed by atoms with E-state index < -0.39 is 6.10 Å². The SMILES string of the molecule is C#CCOc1ccc(CCNC(=O)[C@H](Cc2ccc(F)cc2)OCC#C)cc1OC. The molecule has 0 heterocycles. The van der Waals surface area contributed by atoms with E-state index in [1.165, 1.54) is 12.1 Å². The largest absolute Gasteiger partial charge is 0.493 e. The smallest absolute Gasteiger partial charge is 0.249 e. The molecule has 0 spiro atoms. The highest BCUT2D eigenvalue weighted by Crippen LogP contribution is 2.28. The molecule has 0 saturated carbocycles. The van der Waals surface area contributed by atoms with Crippen molar-refractivity contribution in [1.82, 2.24) is 5.32 Å². The zero-order valence-electron chi connectivity index (χ0n) is 16.8. The van der Waals surface area contributed by atoms with Gasteiger partial charge < -0.3 is 19.5 Å². The maximum atomic E-state index is 13.1. The van der Waals surface area contributed by atoms with Gasteiger partial charge in [0.1, 0.15) is 25.1 Å². The quantitative estimate of drug-likeness (QED) is 0.580. The summed E-state index contributed by atoms with van der Waals surface area (Å²) in [6.45, 7) is 0.556. The average Bonchev–Trinajstić information content (AvgIpc) is 2.76. The van der Waals surface area contributed by atoms with Gasteiger partial charge in [-0.3, -0.25) is 4.79 Å². The third kappa shape index (κ3) is 7.16. The molecule has 0 radical (unpaired) electrons. The Balaban J connectivity index is 1.93. The molecule has 0 aliphatic rings. The van der Waals surface area contributed by atoms with Crippen molar-refractivity contribution in [1.29, 1.82) is 0 Å². The van der Waals surface area contributed by atoms with Crippen LogP contribution in [0, 0.1) is 30.5 Å². The van der Waals surface area contributed by atoms with Crippen LogP contribution >= 0.6 is 0 Å². The molecule has 0 unspecified atom stereocenters. The van der Waals surface area contributed by atoms with Crippen molar-refractivity contribution in [3.05, 3.63) is 59.4 Å². The van der Waals surface area contributed by atoms with Gasteiger partial charge >= 0.3 is 0 Å². The Hall–Kier alpha value is -3.48. The standard InChI is InChI=1S/C24H24FNO4/c1-4-14-29-21-11-8-19(16-22(21)28-3)12-13-26-24(27)23(30-15-5-2)17-18-6-9-20(25)10-7-18/h1-2,6-11,16,23H,12-15,17H2,3H3,(H,26,27)/t23-/m0/s1. The number of carbonyl (C=O) groups is 1. The third-order valence-corrected chi connectivity index (χ3v) is 4.25. The molecule has 2 rings (SSSR count). The molecule has 5 nitrogen and oxygen atoms in total. The lowest BCUT2D eigenvalue weighted by Gasteiger charge is -2.17. The molecule has 0 aliphatic heterocycles. The van der Waals surface area contributed by atoms with Crippen molar-refractivity contribution in [3.8, 4) is 36.2 Å². The minimum atomic E-state index is -0.763. The fourth-order valence-corrected chi connectivity index (χ4v) is 2.76. The van der Waals surface area contributed by atoms with E-state index in [4.69, 9.17) is 27.1 Å². The predicted octanol–water partition coefficient (Wildman–Crippen LogP) is 2.77. The van der Waals surface area contributed by atoms with Gasteiger partial charge in [0, 0.05) is 13.0 Å². The maximum Gasteiger partial charge on any atom is 0.249 e. The Bertz CT molecular complexity index is 912. The highest BCUT2D eigenvalue weighted by Gasteiger charge is 2.19. The molecule has 1 atom stereocenters. The highest BCUT2D eigenvalue weighted by atomic mass is 19.1. The van der Waals surface area contributed by atoms with Crippen LogP contribution in [0.3, 0.4) is 0 Å². The number of rotatable bonds is 11. The average molecular weight is 409 g/mol. The number of amides is 1. The normalized spacial score (nSPS) is 11.1. The van der Waals surface area contributed by atoms with Gasteiger partial charge in [0.2, 0.25) is 5.91 Å².